The van der Waals surface area contributed by atoms with Crippen molar-refractivity contribution in [2.75, 3.05) is 12.8 Å². The molecule has 1 saturated heterocycles. The van der Waals surface area contributed by atoms with E-state index in [1.807, 2.05) is 18.3 Å². The van der Waals surface area contributed by atoms with E-state index in [1.54, 1.807) is 6.20 Å². The number of hydrogen-bond acceptors (Lipinski definition) is 5. The van der Waals surface area contributed by atoms with Gasteiger partial charge in [-0.05, 0) is 31.0 Å². The third-order valence-corrected chi connectivity index (χ3v) is 5.21. The SMILES string of the molecule is CS(=O)(=O)c1cn[nH]c1[C@@H]1CCCCN1Cc1cccnc1. The number of sulfone groups is 1. The monoisotopic (exact) mass is 320 g/mol. The van der Waals surface area contributed by atoms with Gasteiger partial charge in [-0.2, -0.15) is 5.10 Å². The molecule has 1 N–H and O–H groups in total. The summed E-state index contributed by atoms with van der Waals surface area (Å²) in [4.78, 5) is 6.78. The molecule has 0 amide bonds. The maximum Gasteiger partial charge on any atom is 0.178 e. The molecule has 1 aliphatic heterocycles. The summed E-state index contributed by atoms with van der Waals surface area (Å²) in [6.45, 7) is 1.71. The van der Waals surface area contributed by atoms with Gasteiger partial charge >= 0.3 is 0 Å². The number of pyridine rings is 1. The fourth-order valence-corrected chi connectivity index (χ4v) is 3.88. The first-order valence-corrected chi connectivity index (χ1v) is 9.31. The molecule has 0 aliphatic carbocycles. The number of H-pyrrole nitrogens is 1. The number of aromatic amines is 1. The van der Waals surface area contributed by atoms with Gasteiger partial charge in [-0.15, -0.1) is 0 Å². The Morgan fingerprint density at radius 2 is 2.23 bits per heavy atom. The number of likely N-dealkylation sites (tertiary alicyclic amines) is 1. The highest BCUT2D eigenvalue weighted by atomic mass is 32.2. The number of rotatable bonds is 4. The van der Waals surface area contributed by atoms with E-state index in [9.17, 15) is 8.42 Å². The van der Waals surface area contributed by atoms with Gasteiger partial charge in [0.1, 0.15) is 4.90 Å². The largest absolute Gasteiger partial charge is 0.290 e. The number of hydrogen-bond donors (Lipinski definition) is 1. The zero-order valence-electron chi connectivity index (χ0n) is 12.6. The highest BCUT2D eigenvalue weighted by Crippen LogP contribution is 2.34. The summed E-state index contributed by atoms with van der Waals surface area (Å²) >= 11 is 0. The van der Waals surface area contributed by atoms with Crippen molar-refractivity contribution in [2.24, 2.45) is 0 Å². The van der Waals surface area contributed by atoms with E-state index >= 15 is 0 Å². The molecule has 1 aliphatic rings. The number of aromatic nitrogens is 3. The minimum atomic E-state index is -3.27. The Kier molecular flexibility index (Phi) is 4.26. The summed E-state index contributed by atoms with van der Waals surface area (Å²) in [5.41, 5.74) is 1.85. The van der Waals surface area contributed by atoms with Crippen LogP contribution in [0.1, 0.15) is 36.6 Å². The second-order valence-electron chi connectivity index (χ2n) is 5.76. The highest BCUT2D eigenvalue weighted by Gasteiger charge is 2.29. The van der Waals surface area contributed by atoms with Crippen LogP contribution in [0.25, 0.3) is 0 Å². The average molecular weight is 320 g/mol. The van der Waals surface area contributed by atoms with Crippen LogP contribution in [0, 0.1) is 0 Å². The molecule has 6 nitrogen and oxygen atoms in total. The first-order chi connectivity index (χ1) is 10.6. The lowest BCUT2D eigenvalue weighted by molar-refractivity contribution is 0.135. The molecule has 3 heterocycles. The van der Waals surface area contributed by atoms with Crippen molar-refractivity contribution in [3.05, 3.63) is 42.0 Å². The first kappa shape index (κ1) is 15.2. The number of nitrogens with zero attached hydrogens (tertiary/aromatic N) is 3. The summed E-state index contributed by atoms with van der Waals surface area (Å²) in [7, 11) is -3.27. The second kappa shape index (κ2) is 6.18. The molecule has 2 aromatic heterocycles. The maximum atomic E-state index is 11.9. The van der Waals surface area contributed by atoms with E-state index < -0.39 is 9.84 Å². The summed E-state index contributed by atoms with van der Waals surface area (Å²) in [6, 6.07) is 4.02. The van der Waals surface area contributed by atoms with Gasteiger partial charge in [-0.25, -0.2) is 8.42 Å². The van der Waals surface area contributed by atoms with Gasteiger partial charge in [0.05, 0.1) is 17.9 Å². The maximum absolute atomic E-state index is 11.9. The Hall–Kier alpha value is -1.73. The Morgan fingerprint density at radius 3 is 2.95 bits per heavy atom. The first-order valence-electron chi connectivity index (χ1n) is 7.42. The zero-order chi connectivity index (χ0) is 15.6. The predicted molar refractivity (Wildman–Crippen MR) is 82.9 cm³/mol. The molecule has 0 spiro atoms. The normalized spacial score (nSPS) is 20.1. The van der Waals surface area contributed by atoms with Gasteiger partial charge in [0.15, 0.2) is 9.84 Å². The zero-order valence-corrected chi connectivity index (χ0v) is 13.4. The van der Waals surface area contributed by atoms with Crippen molar-refractivity contribution in [2.45, 2.75) is 36.7 Å². The Morgan fingerprint density at radius 1 is 1.36 bits per heavy atom. The van der Waals surface area contributed by atoms with Crippen molar-refractivity contribution >= 4 is 9.84 Å². The summed E-state index contributed by atoms with van der Waals surface area (Å²) in [6.07, 6.45) is 9.42. The molecule has 7 heteroatoms. The fourth-order valence-electron chi connectivity index (χ4n) is 3.05. The molecule has 22 heavy (non-hydrogen) atoms. The Balaban J connectivity index is 1.89. The lowest BCUT2D eigenvalue weighted by Gasteiger charge is -2.35. The molecule has 0 unspecified atom stereocenters. The molecular weight excluding hydrogens is 300 g/mol. The van der Waals surface area contributed by atoms with Gasteiger partial charge in [-0.3, -0.25) is 15.0 Å². The van der Waals surface area contributed by atoms with Crippen LogP contribution < -0.4 is 0 Å². The van der Waals surface area contributed by atoms with Crippen molar-refractivity contribution < 1.29 is 8.42 Å². The van der Waals surface area contributed by atoms with Crippen molar-refractivity contribution in [3.63, 3.8) is 0 Å². The minimum Gasteiger partial charge on any atom is -0.290 e. The number of nitrogens with one attached hydrogen (secondary N) is 1. The molecule has 0 radical (unpaired) electrons. The van der Waals surface area contributed by atoms with Crippen LogP contribution in [0.3, 0.4) is 0 Å². The standard InChI is InChI=1S/C15H20N4O2S/c1-22(20,21)14-10-17-18-15(14)13-6-2-3-8-19(13)11-12-5-4-7-16-9-12/h4-5,7,9-10,13H,2-3,6,8,11H2,1H3,(H,17,18)/t13-/m0/s1. The molecule has 3 rings (SSSR count). The van der Waals surface area contributed by atoms with Crippen LogP contribution in [-0.2, 0) is 16.4 Å². The third-order valence-electron chi connectivity index (χ3n) is 4.09. The van der Waals surface area contributed by atoms with Crippen molar-refractivity contribution in [3.8, 4) is 0 Å². The molecule has 0 bridgehead atoms. The third kappa shape index (κ3) is 3.20. The van der Waals surface area contributed by atoms with E-state index in [-0.39, 0.29) is 6.04 Å². The summed E-state index contributed by atoms with van der Waals surface area (Å²) < 4.78 is 23.9. The van der Waals surface area contributed by atoms with Crippen molar-refractivity contribution in [1.82, 2.24) is 20.1 Å². The van der Waals surface area contributed by atoms with E-state index in [1.165, 1.54) is 12.5 Å². The smallest absolute Gasteiger partial charge is 0.178 e. The van der Waals surface area contributed by atoms with E-state index in [2.05, 4.69) is 20.1 Å². The van der Waals surface area contributed by atoms with Crippen LogP contribution >= 0.6 is 0 Å². The van der Waals surface area contributed by atoms with Gasteiger partial charge in [-0.1, -0.05) is 12.5 Å². The molecule has 0 aromatic carbocycles. The lowest BCUT2D eigenvalue weighted by atomic mass is 9.99. The van der Waals surface area contributed by atoms with E-state index in [4.69, 9.17) is 0 Å². The van der Waals surface area contributed by atoms with Gasteiger partial charge in [0, 0.05) is 25.2 Å². The van der Waals surface area contributed by atoms with Crippen LogP contribution in [-0.4, -0.2) is 41.3 Å². The Bertz CT molecular complexity index is 727. The molecule has 1 fully saturated rings. The Labute approximate surface area is 130 Å². The summed E-state index contributed by atoms with van der Waals surface area (Å²) in [5, 5.41) is 6.87. The quantitative estimate of drug-likeness (QED) is 0.931. The minimum absolute atomic E-state index is 0.0566. The molecule has 2 aromatic rings. The lowest BCUT2D eigenvalue weighted by Crippen LogP contribution is -2.33. The molecule has 118 valence electrons. The summed E-state index contributed by atoms with van der Waals surface area (Å²) in [5.74, 6) is 0. The fraction of sp³-hybridized carbons (Fsp3) is 0.467. The highest BCUT2D eigenvalue weighted by molar-refractivity contribution is 7.90. The van der Waals surface area contributed by atoms with Gasteiger partial charge in [0.2, 0.25) is 0 Å². The molecule has 0 saturated carbocycles. The van der Waals surface area contributed by atoms with Gasteiger partial charge in [0.25, 0.3) is 0 Å². The van der Waals surface area contributed by atoms with Gasteiger partial charge < -0.3 is 0 Å². The van der Waals surface area contributed by atoms with Crippen LogP contribution in [0.5, 0.6) is 0 Å². The van der Waals surface area contributed by atoms with E-state index in [0.717, 1.165) is 37.9 Å². The number of piperidine rings is 1. The molecular formula is C15H20N4O2S. The van der Waals surface area contributed by atoms with E-state index in [0.29, 0.717) is 10.6 Å². The molecule has 1 atom stereocenters. The second-order valence-corrected chi connectivity index (χ2v) is 7.75. The topological polar surface area (TPSA) is 79.0 Å². The van der Waals surface area contributed by atoms with Crippen LogP contribution in [0.4, 0.5) is 0 Å². The average Bonchev–Trinajstić information content (AvgIpc) is 2.98. The van der Waals surface area contributed by atoms with Crippen molar-refractivity contribution in [1.29, 1.82) is 0 Å². The van der Waals surface area contributed by atoms with Crippen LogP contribution in [0.2, 0.25) is 0 Å². The van der Waals surface area contributed by atoms with Crippen LogP contribution in [0.15, 0.2) is 35.6 Å². The predicted octanol–water partition coefficient (Wildman–Crippen LogP) is 1.94.